The fourth-order valence-electron chi connectivity index (χ4n) is 1.34. The van der Waals surface area contributed by atoms with Crippen molar-refractivity contribution in [1.29, 1.82) is 5.26 Å². The van der Waals surface area contributed by atoms with Crippen LogP contribution in [-0.2, 0) is 0 Å². The lowest BCUT2D eigenvalue weighted by molar-refractivity contribution is 0.360. The summed E-state index contributed by atoms with van der Waals surface area (Å²) in [6, 6.07) is 4.78. The lowest BCUT2D eigenvalue weighted by Gasteiger charge is -2.24. The Morgan fingerprint density at radius 3 is 3.00 bits per heavy atom. The molecule has 0 bridgehead atoms. The smallest absolute Gasteiger partial charge is 0.207 e. The van der Waals surface area contributed by atoms with Crippen LogP contribution in [0.4, 0.5) is 0 Å². The Balaban J connectivity index is 2.43. The van der Waals surface area contributed by atoms with Crippen molar-refractivity contribution < 1.29 is 9.52 Å². The van der Waals surface area contributed by atoms with Crippen LogP contribution < -0.4 is 10.6 Å². The molecule has 15 heavy (non-hydrogen) atoms. The molecule has 1 atom stereocenters. The van der Waals surface area contributed by atoms with Gasteiger partial charge in [0.05, 0.1) is 6.26 Å². The molecule has 0 saturated carbocycles. The Morgan fingerprint density at radius 2 is 2.40 bits per heavy atom. The second-order valence-corrected chi connectivity index (χ2v) is 3.33. The number of aliphatic hydroxyl groups is 1. The van der Waals surface area contributed by atoms with E-state index in [2.05, 4.69) is 10.6 Å². The number of furan rings is 1. The third-order valence-electron chi connectivity index (χ3n) is 2.00. The van der Waals surface area contributed by atoms with Crippen LogP contribution in [0.1, 0.15) is 11.8 Å². The summed E-state index contributed by atoms with van der Waals surface area (Å²) in [6.45, 7) is 0. The minimum Gasteiger partial charge on any atom is -0.494 e. The van der Waals surface area contributed by atoms with Crippen LogP contribution in [0.2, 0.25) is 0 Å². The number of nitrogens with one attached hydrogen (secondary N) is 2. The zero-order valence-electron chi connectivity index (χ0n) is 7.52. The number of hydrogen-bond donors (Lipinski definition) is 3. The van der Waals surface area contributed by atoms with E-state index >= 15 is 0 Å². The molecule has 1 aromatic heterocycles. The van der Waals surface area contributed by atoms with Crippen LogP contribution in [0.25, 0.3) is 0 Å². The standard InChI is InChI=1S/C9H7N3O2S/c10-4-5-7(6-2-1-3-14-6)11-9(15)12-8(5)13/h1-3,7,13H,(H2,11,12,15). The van der Waals surface area contributed by atoms with Gasteiger partial charge in [-0.15, -0.1) is 0 Å². The van der Waals surface area contributed by atoms with Gasteiger partial charge in [0.1, 0.15) is 23.4 Å². The topological polar surface area (TPSA) is 81.2 Å². The predicted octanol–water partition coefficient (Wildman–Crippen LogP) is 1.09. The summed E-state index contributed by atoms with van der Waals surface area (Å²) in [5.41, 5.74) is 0.151. The van der Waals surface area contributed by atoms with E-state index in [4.69, 9.17) is 21.9 Å². The third kappa shape index (κ3) is 1.65. The molecular formula is C9H7N3O2S. The average Bonchev–Trinajstić information content (AvgIpc) is 2.69. The summed E-state index contributed by atoms with van der Waals surface area (Å²) in [5.74, 6) is 0.296. The largest absolute Gasteiger partial charge is 0.494 e. The van der Waals surface area contributed by atoms with Crippen LogP contribution >= 0.6 is 12.2 Å². The quantitative estimate of drug-likeness (QED) is 0.616. The molecule has 2 heterocycles. The zero-order chi connectivity index (χ0) is 10.8. The van der Waals surface area contributed by atoms with Gasteiger partial charge in [-0.1, -0.05) is 0 Å². The van der Waals surface area contributed by atoms with Crippen molar-refractivity contribution >= 4 is 17.3 Å². The number of nitriles is 1. The van der Waals surface area contributed by atoms with Crippen LogP contribution in [0.15, 0.2) is 34.3 Å². The van der Waals surface area contributed by atoms with Gasteiger partial charge in [0.25, 0.3) is 0 Å². The fourth-order valence-corrected chi connectivity index (χ4v) is 1.55. The molecule has 0 saturated heterocycles. The minimum atomic E-state index is -0.529. The lowest BCUT2D eigenvalue weighted by Crippen LogP contribution is -2.43. The minimum absolute atomic E-state index is 0.151. The van der Waals surface area contributed by atoms with Crippen molar-refractivity contribution in [2.45, 2.75) is 6.04 Å². The van der Waals surface area contributed by atoms with Crippen molar-refractivity contribution in [2.24, 2.45) is 0 Å². The summed E-state index contributed by atoms with van der Waals surface area (Å²) >= 11 is 4.87. The predicted molar refractivity (Wildman–Crippen MR) is 55.6 cm³/mol. The number of aliphatic hydroxyl groups excluding tert-OH is 1. The van der Waals surface area contributed by atoms with E-state index in [0.717, 1.165) is 0 Å². The second-order valence-electron chi connectivity index (χ2n) is 2.92. The maximum Gasteiger partial charge on any atom is 0.207 e. The van der Waals surface area contributed by atoms with Crippen LogP contribution in [0, 0.1) is 11.3 Å². The van der Waals surface area contributed by atoms with E-state index in [-0.39, 0.29) is 16.6 Å². The highest BCUT2D eigenvalue weighted by atomic mass is 32.1. The van der Waals surface area contributed by atoms with Gasteiger partial charge >= 0.3 is 0 Å². The molecule has 0 aliphatic carbocycles. The first-order chi connectivity index (χ1) is 7.22. The normalized spacial score (nSPS) is 20.5. The van der Waals surface area contributed by atoms with Gasteiger partial charge in [0, 0.05) is 0 Å². The number of nitrogens with zero attached hydrogens (tertiary/aromatic N) is 1. The van der Waals surface area contributed by atoms with Gasteiger partial charge in [0.2, 0.25) is 5.88 Å². The van der Waals surface area contributed by atoms with E-state index in [1.54, 1.807) is 12.1 Å². The summed E-state index contributed by atoms with van der Waals surface area (Å²) < 4.78 is 5.16. The highest BCUT2D eigenvalue weighted by Crippen LogP contribution is 2.25. The second kappa shape index (κ2) is 3.63. The number of hydrogen-bond acceptors (Lipinski definition) is 4. The molecule has 2 rings (SSSR count). The number of thiocarbonyl (C=S) groups is 1. The van der Waals surface area contributed by atoms with Crippen molar-refractivity contribution in [1.82, 2.24) is 10.6 Å². The number of rotatable bonds is 1. The molecule has 1 aliphatic heterocycles. The summed E-state index contributed by atoms with van der Waals surface area (Å²) in [7, 11) is 0. The van der Waals surface area contributed by atoms with E-state index in [1.165, 1.54) is 6.26 Å². The molecule has 0 aromatic carbocycles. The van der Waals surface area contributed by atoms with Crippen LogP contribution in [-0.4, -0.2) is 10.2 Å². The molecule has 6 heteroatoms. The Labute approximate surface area is 91.0 Å². The van der Waals surface area contributed by atoms with Gasteiger partial charge in [-0.3, -0.25) is 0 Å². The molecule has 0 radical (unpaired) electrons. The molecular weight excluding hydrogens is 214 g/mol. The van der Waals surface area contributed by atoms with Gasteiger partial charge in [-0.25, -0.2) is 0 Å². The Hall–Kier alpha value is -2.00. The van der Waals surface area contributed by atoms with Gasteiger partial charge in [0.15, 0.2) is 5.11 Å². The van der Waals surface area contributed by atoms with Crippen LogP contribution in [0.5, 0.6) is 0 Å². The summed E-state index contributed by atoms with van der Waals surface area (Å²) in [4.78, 5) is 0. The summed E-state index contributed by atoms with van der Waals surface area (Å²) in [6.07, 6.45) is 1.49. The Morgan fingerprint density at radius 1 is 1.60 bits per heavy atom. The first kappa shape index (κ1) is 9.55. The monoisotopic (exact) mass is 221 g/mol. The van der Waals surface area contributed by atoms with Crippen molar-refractivity contribution in [3.05, 3.63) is 35.6 Å². The van der Waals surface area contributed by atoms with Crippen LogP contribution in [0.3, 0.4) is 0 Å². The molecule has 0 spiro atoms. The summed E-state index contributed by atoms with van der Waals surface area (Å²) in [5, 5.41) is 23.9. The van der Waals surface area contributed by atoms with E-state index in [9.17, 15) is 5.11 Å². The van der Waals surface area contributed by atoms with Gasteiger partial charge < -0.3 is 20.2 Å². The molecule has 1 unspecified atom stereocenters. The van der Waals surface area contributed by atoms with E-state index < -0.39 is 6.04 Å². The van der Waals surface area contributed by atoms with Crippen molar-refractivity contribution in [3.63, 3.8) is 0 Å². The first-order valence-corrected chi connectivity index (χ1v) is 4.57. The first-order valence-electron chi connectivity index (χ1n) is 4.16. The highest BCUT2D eigenvalue weighted by molar-refractivity contribution is 7.80. The lowest BCUT2D eigenvalue weighted by atomic mass is 10.1. The molecule has 0 fully saturated rings. The third-order valence-corrected chi connectivity index (χ3v) is 2.22. The molecule has 0 amide bonds. The molecule has 5 nitrogen and oxygen atoms in total. The Bertz CT molecular complexity index is 458. The maximum absolute atomic E-state index is 9.49. The van der Waals surface area contributed by atoms with Crippen molar-refractivity contribution in [2.75, 3.05) is 0 Å². The maximum atomic E-state index is 9.49. The van der Waals surface area contributed by atoms with Crippen molar-refractivity contribution in [3.8, 4) is 6.07 Å². The highest BCUT2D eigenvalue weighted by Gasteiger charge is 2.28. The zero-order valence-corrected chi connectivity index (χ0v) is 8.34. The average molecular weight is 221 g/mol. The molecule has 1 aromatic rings. The fraction of sp³-hybridized carbons (Fsp3) is 0.111. The van der Waals surface area contributed by atoms with Gasteiger partial charge in [-0.2, -0.15) is 5.26 Å². The molecule has 1 aliphatic rings. The van der Waals surface area contributed by atoms with Gasteiger partial charge in [-0.05, 0) is 24.4 Å². The van der Waals surface area contributed by atoms with E-state index in [0.29, 0.717) is 5.76 Å². The molecule has 76 valence electrons. The Kier molecular flexibility index (Phi) is 2.31. The molecule has 3 N–H and O–H groups in total. The van der Waals surface area contributed by atoms with E-state index in [1.807, 2.05) is 6.07 Å². The SMILES string of the molecule is N#CC1=C(O)NC(=S)NC1c1ccco1.